The number of hydrogen-bond donors (Lipinski definition) is 1. The van der Waals surface area contributed by atoms with Crippen LogP contribution < -0.4 is 5.32 Å². The number of nitrogens with one attached hydrogen (secondary N) is 1. The minimum absolute atomic E-state index is 0.966. The second kappa shape index (κ2) is 6.96. The van der Waals surface area contributed by atoms with Crippen LogP contribution in [0.1, 0.15) is 19.0 Å². The molecular formula is C11H20N2S. The Morgan fingerprint density at radius 3 is 3.07 bits per heavy atom. The van der Waals surface area contributed by atoms with Crippen LogP contribution in [0.15, 0.2) is 18.3 Å². The van der Waals surface area contributed by atoms with E-state index < -0.39 is 0 Å². The van der Waals surface area contributed by atoms with Gasteiger partial charge in [-0.2, -0.15) is 11.8 Å². The molecule has 0 spiro atoms. The van der Waals surface area contributed by atoms with Gasteiger partial charge >= 0.3 is 0 Å². The highest BCUT2D eigenvalue weighted by atomic mass is 32.2. The molecule has 0 aliphatic carbocycles. The summed E-state index contributed by atoms with van der Waals surface area (Å²) in [7, 11) is 1.99. The second-order valence-corrected chi connectivity index (χ2v) is 4.67. The van der Waals surface area contributed by atoms with Crippen molar-refractivity contribution in [1.29, 1.82) is 0 Å². The number of rotatable bonds is 7. The molecule has 0 amide bonds. The number of aryl methyl sites for hydroxylation is 1. The molecule has 0 unspecified atom stereocenters. The summed E-state index contributed by atoms with van der Waals surface area (Å²) in [6.07, 6.45) is 3.44. The number of hydrogen-bond acceptors (Lipinski definition) is 2. The molecule has 0 bridgehead atoms. The average Bonchev–Trinajstić information content (AvgIpc) is 2.61. The highest BCUT2D eigenvalue weighted by Crippen LogP contribution is 2.06. The molecule has 0 saturated carbocycles. The summed E-state index contributed by atoms with van der Waals surface area (Å²) in [6, 6.07) is 4.31. The average molecular weight is 212 g/mol. The highest BCUT2D eigenvalue weighted by Gasteiger charge is 1.98. The van der Waals surface area contributed by atoms with Gasteiger partial charge in [-0.1, -0.05) is 6.92 Å². The summed E-state index contributed by atoms with van der Waals surface area (Å²) < 4.78 is 2.34. The van der Waals surface area contributed by atoms with Gasteiger partial charge in [-0.25, -0.2) is 0 Å². The maximum absolute atomic E-state index is 3.19. The smallest absolute Gasteiger partial charge is 0.0356 e. The van der Waals surface area contributed by atoms with E-state index in [0.717, 1.165) is 13.1 Å². The standard InChI is InChI=1S/C11H20N2S/c1-3-14-9-5-8-13-7-4-6-11(13)10-12-2/h4,6-7,12H,3,5,8-10H2,1-2H3. The van der Waals surface area contributed by atoms with E-state index in [1.807, 2.05) is 18.8 Å². The molecule has 1 rings (SSSR count). The molecule has 1 heterocycles. The van der Waals surface area contributed by atoms with Crippen molar-refractivity contribution >= 4 is 11.8 Å². The summed E-state index contributed by atoms with van der Waals surface area (Å²) in [6.45, 7) is 4.33. The Morgan fingerprint density at radius 2 is 2.36 bits per heavy atom. The summed E-state index contributed by atoms with van der Waals surface area (Å²) >= 11 is 2.02. The summed E-state index contributed by atoms with van der Waals surface area (Å²) in [5.41, 5.74) is 1.38. The van der Waals surface area contributed by atoms with E-state index >= 15 is 0 Å². The Balaban J connectivity index is 2.30. The lowest BCUT2D eigenvalue weighted by Crippen LogP contribution is -2.11. The molecular weight excluding hydrogens is 192 g/mol. The van der Waals surface area contributed by atoms with Crippen molar-refractivity contribution in [1.82, 2.24) is 9.88 Å². The van der Waals surface area contributed by atoms with Crippen molar-refractivity contribution in [3.8, 4) is 0 Å². The van der Waals surface area contributed by atoms with Crippen LogP contribution in [-0.2, 0) is 13.1 Å². The lowest BCUT2D eigenvalue weighted by Gasteiger charge is -2.08. The van der Waals surface area contributed by atoms with Gasteiger partial charge in [-0.3, -0.25) is 0 Å². The Morgan fingerprint density at radius 1 is 1.50 bits per heavy atom. The fourth-order valence-corrected chi connectivity index (χ4v) is 2.11. The van der Waals surface area contributed by atoms with E-state index in [2.05, 4.69) is 35.1 Å². The molecule has 0 radical (unpaired) electrons. The maximum atomic E-state index is 3.19. The minimum Gasteiger partial charge on any atom is -0.350 e. The molecule has 80 valence electrons. The van der Waals surface area contributed by atoms with Crippen molar-refractivity contribution in [2.45, 2.75) is 26.4 Å². The van der Waals surface area contributed by atoms with Gasteiger partial charge in [-0.15, -0.1) is 0 Å². The fraction of sp³-hybridized carbons (Fsp3) is 0.636. The SMILES string of the molecule is CCSCCCn1cccc1CNC. The normalized spacial score (nSPS) is 10.7. The molecule has 0 aliphatic rings. The van der Waals surface area contributed by atoms with Gasteiger partial charge in [0, 0.05) is 25.0 Å². The van der Waals surface area contributed by atoms with Gasteiger partial charge in [0.1, 0.15) is 0 Å². The molecule has 1 aromatic heterocycles. The van der Waals surface area contributed by atoms with Gasteiger partial charge in [0.2, 0.25) is 0 Å². The predicted molar refractivity (Wildman–Crippen MR) is 64.8 cm³/mol. The van der Waals surface area contributed by atoms with Gasteiger partial charge in [-0.05, 0) is 37.1 Å². The van der Waals surface area contributed by atoms with Gasteiger partial charge in [0.25, 0.3) is 0 Å². The zero-order valence-corrected chi connectivity index (χ0v) is 9.94. The fourth-order valence-electron chi connectivity index (χ4n) is 1.49. The molecule has 0 atom stereocenters. The first-order chi connectivity index (χ1) is 6.88. The largest absolute Gasteiger partial charge is 0.350 e. The first kappa shape index (κ1) is 11.7. The quantitative estimate of drug-likeness (QED) is 0.699. The first-order valence-electron chi connectivity index (χ1n) is 5.24. The Labute approximate surface area is 91.1 Å². The monoisotopic (exact) mass is 212 g/mol. The Kier molecular flexibility index (Phi) is 5.80. The van der Waals surface area contributed by atoms with Crippen LogP contribution in [0.4, 0.5) is 0 Å². The summed E-state index contributed by atoms with van der Waals surface area (Å²) in [5.74, 6) is 2.50. The topological polar surface area (TPSA) is 17.0 Å². The molecule has 1 N–H and O–H groups in total. The predicted octanol–water partition coefficient (Wildman–Crippen LogP) is 2.35. The van der Waals surface area contributed by atoms with Crippen molar-refractivity contribution in [3.05, 3.63) is 24.0 Å². The van der Waals surface area contributed by atoms with Crippen LogP contribution in [0.3, 0.4) is 0 Å². The molecule has 0 saturated heterocycles. The Bertz CT molecular complexity index is 245. The minimum atomic E-state index is 0.966. The van der Waals surface area contributed by atoms with E-state index in [0.29, 0.717) is 0 Å². The van der Waals surface area contributed by atoms with Crippen LogP contribution in [-0.4, -0.2) is 23.1 Å². The maximum Gasteiger partial charge on any atom is 0.0356 e. The number of aromatic nitrogens is 1. The Hall–Kier alpha value is -0.410. The van der Waals surface area contributed by atoms with E-state index in [4.69, 9.17) is 0 Å². The zero-order valence-electron chi connectivity index (χ0n) is 9.12. The van der Waals surface area contributed by atoms with Crippen molar-refractivity contribution < 1.29 is 0 Å². The van der Waals surface area contributed by atoms with Gasteiger partial charge in [0.15, 0.2) is 0 Å². The van der Waals surface area contributed by atoms with E-state index in [-0.39, 0.29) is 0 Å². The zero-order chi connectivity index (χ0) is 10.2. The molecule has 2 nitrogen and oxygen atoms in total. The van der Waals surface area contributed by atoms with Gasteiger partial charge in [0.05, 0.1) is 0 Å². The van der Waals surface area contributed by atoms with Crippen LogP contribution in [0.2, 0.25) is 0 Å². The number of thioether (sulfide) groups is 1. The molecule has 0 fully saturated rings. The van der Waals surface area contributed by atoms with Crippen molar-refractivity contribution in [3.63, 3.8) is 0 Å². The highest BCUT2D eigenvalue weighted by molar-refractivity contribution is 7.99. The lowest BCUT2D eigenvalue weighted by molar-refractivity contribution is 0.632. The summed E-state index contributed by atoms with van der Waals surface area (Å²) in [5, 5.41) is 3.19. The third-order valence-corrected chi connectivity index (χ3v) is 3.16. The summed E-state index contributed by atoms with van der Waals surface area (Å²) in [4.78, 5) is 0. The first-order valence-corrected chi connectivity index (χ1v) is 6.40. The second-order valence-electron chi connectivity index (χ2n) is 3.27. The molecule has 0 aromatic carbocycles. The molecule has 0 aliphatic heterocycles. The third-order valence-electron chi connectivity index (χ3n) is 2.17. The van der Waals surface area contributed by atoms with Crippen molar-refractivity contribution in [2.75, 3.05) is 18.6 Å². The van der Waals surface area contributed by atoms with Crippen LogP contribution in [0.5, 0.6) is 0 Å². The molecule has 1 aromatic rings. The van der Waals surface area contributed by atoms with Gasteiger partial charge < -0.3 is 9.88 Å². The van der Waals surface area contributed by atoms with E-state index in [1.165, 1.54) is 23.6 Å². The van der Waals surface area contributed by atoms with Crippen LogP contribution in [0, 0.1) is 0 Å². The number of nitrogens with zero attached hydrogens (tertiary/aromatic N) is 1. The van der Waals surface area contributed by atoms with E-state index in [9.17, 15) is 0 Å². The van der Waals surface area contributed by atoms with Crippen molar-refractivity contribution in [2.24, 2.45) is 0 Å². The third kappa shape index (κ3) is 3.76. The lowest BCUT2D eigenvalue weighted by atomic mass is 10.4. The van der Waals surface area contributed by atoms with Crippen LogP contribution in [0.25, 0.3) is 0 Å². The van der Waals surface area contributed by atoms with Crippen LogP contribution >= 0.6 is 11.8 Å². The molecule has 14 heavy (non-hydrogen) atoms. The van der Waals surface area contributed by atoms with E-state index in [1.54, 1.807) is 0 Å². The molecule has 3 heteroatoms.